The SMILES string of the molecule is COc1ncccc1NC(=O)NCC1Cc2ccccc2O1. The molecule has 0 fully saturated rings. The van der Waals surface area contributed by atoms with Gasteiger partial charge in [0.05, 0.1) is 13.7 Å². The van der Waals surface area contributed by atoms with Crippen LogP contribution in [0.1, 0.15) is 5.56 Å². The largest absolute Gasteiger partial charge is 0.488 e. The minimum Gasteiger partial charge on any atom is -0.488 e. The zero-order chi connectivity index (χ0) is 15.4. The van der Waals surface area contributed by atoms with Crippen molar-refractivity contribution in [1.82, 2.24) is 10.3 Å². The Morgan fingerprint density at radius 1 is 1.36 bits per heavy atom. The third kappa shape index (κ3) is 3.11. The summed E-state index contributed by atoms with van der Waals surface area (Å²) in [5.74, 6) is 1.27. The van der Waals surface area contributed by atoms with E-state index in [9.17, 15) is 4.79 Å². The van der Waals surface area contributed by atoms with Gasteiger partial charge in [-0.25, -0.2) is 9.78 Å². The number of pyridine rings is 1. The molecule has 0 spiro atoms. The molecule has 0 aliphatic carbocycles. The van der Waals surface area contributed by atoms with Gasteiger partial charge in [0.2, 0.25) is 5.88 Å². The first kappa shape index (κ1) is 14.2. The molecule has 114 valence electrons. The third-order valence-electron chi connectivity index (χ3n) is 3.42. The Kier molecular flexibility index (Phi) is 4.09. The maximum Gasteiger partial charge on any atom is 0.319 e. The molecule has 0 saturated heterocycles. The highest BCUT2D eigenvalue weighted by Gasteiger charge is 2.22. The van der Waals surface area contributed by atoms with E-state index in [2.05, 4.69) is 15.6 Å². The maximum atomic E-state index is 11.9. The molecule has 1 aliphatic heterocycles. The van der Waals surface area contributed by atoms with Crippen molar-refractivity contribution in [3.05, 3.63) is 48.2 Å². The van der Waals surface area contributed by atoms with Crippen molar-refractivity contribution < 1.29 is 14.3 Å². The van der Waals surface area contributed by atoms with Crippen LogP contribution >= 0.6 is 0 Å². The van der Waals surface area contributed by atoms with Crippen molar-refractivity contribution in [3.8, 4) is 11.6 Å². The van der Waals surface area contributed by atoms with Crippen LogP contribution in [0.5, 0.6) is 11.6 Å². The predicted octanol–water partition coefficient (Wildman–Crippen LogP) is 2.22. The van der Waals surface area contributed by atoms with Gasteiger partial charge >= 0.3 is 6.03 Å². The highest BCUT2D eigenvalue weighted by Crippen LogP contribution is 2.27. The molecule has 6 nitrogen and oxygen atoms in total. The van der Waals surface area contributed by atoms with Gasteiger partial charge in [0.25, 0.3) is 0 Å². The molecule has 1 aromatic carbocycles. The monoisotopic (exact) mass is 299 g/mol. The first-order valence-corrected chi connectivity index (χ1v) is 7.04. The van der Waals surface area contributed by atoms with E-state index in [-0.39, 0.29) is 12.1 Å². The van der Waals surface area contributed by atoms with E-state index >= 15 is 0 Å². The van der Waals surface area contributed by atoms with Gasteiger partial charge in [-0.05, 0) is 23.8 Å². The van der Waals surface area contributed by atoms with Crippen LogP contribution in [0.25, 0.3) is 0 Å². The number of ether oxygens (including phenoxy) is 2. The number of carbonyl (C=O) groups is 1. The van der Waals surface area contributed by atoms with Gasteiger partial charge in [-0.15, -0.1) is 0 Å². The van der Waals surface area contributed by atoms with Crippen LogP contribution in [-0.2, 0) is 6.42 Å². The van der Waals surface area contributed by atoms with Gasteiger partial charge in [-0.1, -0.05) is 18.2 Å². The van der Waals surface area contributed by atoms with E-state index in [1.807, 2.05) is 24.3 Å². The highest BCUT2D eigenvalue weighted by atomic mass is 16.5. The summed E-state index contributed by atoms with van der Waals surface area (Å²) in [4.78, 5) is 16.0. The maximum absolute atomic E-state index is 11.9. The number of amides is 2. The molecule has 2 heterocycles. The number of fused-ring (bicyclic) bond motifs is 1. The average Bonchev–Trinajstić information content (AvgIpc) is 2.96. The number of benzene rings is 1. The number of urea groups is 1. The Hall–Kier alpha value is -2.76. The first-order valence-electron chi connectivity index (χ1n) is 7.04. The molecule has 1 aromatic heterocycles. The fourth-order valence-corrected chi connectivity index (χ4v) is 2.39. The molecule has 2 amide bonds. The topological polar surface area (TPSA) is 72.5 Å². The summed E-state index contributed by atoms with van der Waals surface area (Å²) in [6.45, 7) is 0.434. The lowest BCUT2D eigenvalue weighted by atomic mass is 10.1. The molecule has 22 heavy (non-hydrogen) atoms. The Labute approximate surface area is 128 Å². The quantitative estimate of drug-likeness (QED) is 0.908. The van der Waals surface area contributed by atoms with Crippen molar-refractivity contribution in [3.63, 3.8) is 0 Å². The second kappa shape index (κ2) is 6.34. The van der Waals surface area contributed by atoms with E-state index in [4.69, 9.17) is 9.47 Å². The summed E-state index contributed by atoms with van der Waals surface area (Å²) in [6, 6.07) is 11.1. The Bertz CT molecular complexity index is 650. The number of methoxy groups -OCH3 is 1. The standard InChI is InChI=1S/C16H17N3O3/c1-21-15-13(6-4-8-17-15)19-16(20)18-10-12-9-11-5-2-3-7-14(11)22-12/h2-8,12H,9-10H2,1H3,(H2,18,19,20). The fraction of sp³-hybridized carbons (Fsp3) is 0.250. The molecular weight excluding hydrogens is 282 g/mol. The minimum atomic E-state index is -0.314. The van der Waals surface area contributed by atoms with Crippen molar-refractivity contribution in [2.45, 2.75) is 12.5 Å². The van der Waals surface area contributed by atoms with E-state index < -0.39 is 0 Å². The number of nitrogens with zero attached hydrogens (tertiary/aromatic N) is 1. The number of rotatable bonds is 4. The lowest BCUT2D eigenvalue weighted by Gasteiger charge is -2.13. The number of aromatic nitrogens is 1. The number of carbonyl (C=O) groups excluding carboxylic acids is 1. The Balaban J connectivity index is 1.51. The molecule has 0 saturated carbocycles. The molecule has 0 bridgehead atoms. The van der Waals surface area contributed by atoms with Crippen LogP contribution in [0.4, 0.5) is 10.5 Å². The van der Waals surface area contributed by atoms with Crippen LogP contribution < -0.4 is 20.1 Å². The van der Waals surface area contributed by atoms with E-state index in [0.29, 0.717) is 18.1 Å². The van der Waals surface area contributed by atoms with Crippen molar-refractivity contribution in [2.75, 3.05) is 19.0 Å². The summed E-state index contributed by atoms with van der Waals surface area (Å²) < 4.78 is 10.9. The van der Waals surface area contributed by atoms with Gasteiger partial charge in [0.1, 0.15) is 17.5 Å². The summed E-state index contributed by atoms with van der Waals surface area (Å²) in [6.07, 6.45) is 2.36. The fourth-order valence-electron chi connectivity index (χ4n) is 2.39. The normalized spacial score (nSPS) is 15.6. The summed E-state index contributed by atoms with van der Waals surface area (Å²) in [5.41, 5.74) is 1.70. The van der Waals surface area contributed by atoms with E-state index in [1.54, 1.807) is 18.3 Å². The second-order valence-electron chi connectivity index (χ2n) is 4.95. The van der Waals surface area contributed by atoms with E-state index in [1.165, 1.54) is 12.7 Å². The zero-order valence-corrected chi connectivity index (χ0v) is 12.2. The number of hydrogen-bond acceptors (Lipinski definition) is 4. The minimum absolute atomic E-state index is 0.0426. The number of nitrogens with one attached hydrogen (secondary N) is 2. The van der Waals surface area contributed by atoms with Gasteiger partial charge in [-0.2, -0.15) is 0 Å². The van der Waals surface area contributed by atoms with Crippen molar-refractivity contribution in [2.24, 2.45) is 0 Å². The zero-order valence-electron chi connectivity index (χ0n) is 12.2. The summed E-state index contributed by atoms with van der Waals surface area (Å²) >= 11 is 0. The molecule has 2 N–H and O–H groups in total. The van der Waals surface area contributed by atoms with Crippen LogP contribution in [-0.4, -0.2) is 30.8 Å². The van der Waals surface area contributed by atoms with Gasteiger partial charge in [-0.3, -0.25) is 0 Å². The molecule has 6 heteroatoms. The van der Waals surface area contributed by atoms with Gasteiger partial charge < -0.3 is 20.1 Å². The average molecular weight is 299 g/mol. The lowest BCUT2D eigenvalue weighted by Crippen LogP contribution is -2.37. The first-order chi connectivity index (χ1) is 10.8. The molecule has 1 atom stereocenters. The Morgan fingerprint density at radius 2 is 2.23 bits per heavy atom. The van der Waals surface area contributed by atoms with Crippen LogP contribution in [0, 0.1) is 0 Å². The Morgan fingerprint density at radius 3 is 3.05 bits per heavy atom. The van der Waals surface area contributed by atoms with Crippen LogP contribution in [0.3, 0.4) is 0 Å². The third-order valence-corrected chi connectivity index (χ3v) is 3.42. The molecule has 3 rings (SSSR count). The molecule has 1 aliphatic rings. The van der Waals surface area contributed by atoms with Crippen LogP contribution in [0.15, 0.2) is 42.6 Å². The summed E-state index contributed by atoms with van der Waals surface area (Å²) in [5, 5.41) is 5.51. The number of anilines is 1. The lowest BCUT2D eigenvalue weighted by molar-refractivity contribution is 0.219. The van der Waals surface area contributed by atoms with Gasteiger partial charge in [0, 0.05) is 12.6 Å². The second-order valence-corrected chi connectivity index (χ2v) is 4.95. The molecule has 1 unspecified atom stereocenters. The smallest absolute Gasteiger partial charge is 0.319 e. The molecule has 2 aromatic rings. The van der Waals surface area contributed by atoms with Crippen molar-refractivity contribution >= 4 is 11.7 Å². The predicted molar refractivity (Wildman–Crippen MR) is 82.4 cm³/mol. The van der Waals surface area contributed by atoms with Crippen molar-refractivity contribution in [1.29, 1.82) is 0 Å². The van der Waals surface area contributed by atoms with Gasteiger partial charge in [0.15, 0.2) is 0 Å². The number of hydrogen-bond donors (Lipinski definition) is 2. The van der Waals surface area contributed by atoms with E-state index in [0.717, 1.165) is 12.2 Å². The molecule has 0 radical (unpaired) electrons. The van der Waals surface area contributed by atoms with Crippen LogP contribution in [0.2, 0.25) is 0 Å². The number of para-hydroxylation sites is 1. The molecular formula is C16H17N3O3. The summed E-state index contributed by atoms with van der Waals surface area (Å²) in [7, 11) is 1.51. The highest BCUT2D eigenvalue weighted by molar-refractivity contribution is 5.90.